The molecule has 0 saturated heterocycles. The third-order valence-corrected chi connectivity index (χ3v) is 2.03. The van der Waals surface area contributed by atoms with Crippen LogP contribution in [0.4, 0.5) is 13.2 Å². The molecule has 1 aromatic rings. The van der Waals surface area contributed by atoms with Crippen LogP contribution in [0.15, 0.2) is 6.20 Å². The predicted molar refractivity (Wildman–Crippen MR) is 54.1 cm³/mol. The normalized spacial score (nSPS) is 13.9. The van der Waals surface area contributed by atoms with Crippen LogP contribution in [0.1, 0.15) is 25.1 Å². The van der Waals surface area contributed by atoms with Crippen molar-refractivity contribution in [3.05, 3.63) is 11.9 Å². The number of rotatable bonds is 6. The van der Waals surface area contributed by atoms with Gasteiger partial charge in [-0.05, 0) is 6.42 Å². The molecule has 1 atom stereocenters. The lowest BCUT2D eigenvalue weighted by atomic mass is 10.2. The molecule has 0 saturated carbocycles. The van der Waals surface area contributed by atoms with Gasteiger partial charge in [0.1, 0.15) is 6.61 Å². The second kappa shape index (κ2) is 5.97. The highest BCUT2D eigenvalue weighted by atomic mass is 19.4. The molecule has 1 unspecified atom stereocenters. The molecule has 0 radical (unpaired) electrons. The Balaban J connectivity index is 2.46. The average Bonchev–Trinajstić information content (AvgIpc) is 2.64. The Morgan fingerprint density at radius 2 is 2.24 bits per heavy atom. The van der Waals surface area contributed by atoms with Crippen molar-refractivity contribution in [2.24, 2.45) is 5.73 Å². The zero-order valence-corrected chi connectivity index (χ0v) is 9.44. The van der Waals surface area contributed by atoms with Gasteiger partial charge in [0, 0.05) is 6.54 Å². The lowest BCUT2D eigenvalue weighted by Gasteiger charge is -2.14. The maximum absolute atomic E-state index is 11.9. The van der Waals surface area contributed by atoms with Gasteiger partial charge in [0.15, 0.2) is 0 Å². The van der Waals surface area contributed by atoms with Crippen molar-refractivity contribution in [3.8, 4) is 0 Å². The first-order valence-corrected chi connectivity index (χ1v) is 5.22. The Morgan fingerprint density at radius 1 is 1.53 bits per heavy atom. The number of ether oxygens (including phenoxy) is 1. The van der Waals surface area contributed by atoms with Crippen molar-refractivity contribution in [2.75, 3.05) is 13.2 Å². The summed E-state index contributed by atoms with van der Waals surface area (Å²) < 4.78 is 41.6. The fourth-order valence-corrected chi connectivity index (χ4v) is 1.33. The molecule has 5 nitrogen and oxygen atoms in total. The van der Waals surface area contributed by atoms with E-state index in [0.717, 1.165) is 6.42 Å². The molecule has 0 spiro atoms. The maximum Gasteiger partial charge on any atom is 0.411 e. The summed E-state index contributed by atoms with van der Waals surface area (Å²) in [6.07, 6.45) is -2.05. The molecule has 0 aliphatic heterocycles. The molecule has 1 heterocycles. The van der Waals surface area contributed by atoms with Crippen LogP contribution in [-0.2, 0) is 11.3 Å². The molecule has 0 fully saturated rings. The van der Waals surface area contributed by atoms with E-state index in [4.69, 9.17) is 5.73 Å². The van der Waals surface area contributed by atoms with Crippen molar-refractivity contribution in [1.29, 1.82) is 0 Å². The molecule has 1 rings (SSSR count). The van der Waals surface area contributed by atoms with E-state index in [9.17, 15) is 13.2 Å². The Bertz CT molecular complexity index is 339. The molecular formula is C9H15F3N4O. The molecule has 17 heavy (non-hydrogen) atoms. The SMILES string of the molecule is CCCn1nncc1C(N)COCC(F)(F)F. The zero-order valence-electron chi connectivity index (χ0n) is 9.44. The van der Waals surface area contributed by atoms with Crippen LogP contribution in [0.2, 0.25) is 0 Å². The van der Waals surface area contributed by atoms with Crippen LogP contribution in [-0.4, -0.2) is 34.4 Å². The third-order valence-electron chi connectivity index (χ3n) is 2.03. The lowest BCUT2D eigenvalue weighted by molar-refractivity contribution is -0.174. The predicted octanol–water partition coefficient (Wildman–Crippen LogP) is 1.27. The largest absolute Gasteiger partial charge is 0.411 e. The van der Waals surface area contributed by atoms with Gasteiger partial charge in [0.05, 0.1) is 24.5 Å². The fourth-order valence-electron chi connectivity index (χ4n) is 1.33. The summed E-state index contributed by atoms with van der Waals surface area (Å²) in [5.41, 5.74) is 6.28. The summed E-state index contributed by atoms with van der Waals surface area (Å²) in [5, 5.41) is 7.47. The smallest absolute Gasteiger partial charge is 0.370 e. The highest BCUT2D eigenvalue weighted by molar-refractivity contribution is 5.01. The molecule has 0 aliphatic carbocycles. The summed E-state index contributed by atoms with van der Waals surface area (Å²) in [6, 6.07) is -0.654. The van der Waals surface area contributed by atoms with E-state index in [2.05, 4.69) is 15.0 Å². The maximum atomic E-state index is 11.9. The van der Waals surface area contributed by atoms with E-state index in [-0.39, 0.29) is 6.61 Å². The molecule has 2 N–H and O–H groups in total. The standard InChI is InChI=1S/C9H15F3N4O/c1-2-3-16-8(4-14-15-16)7(13)5-17-6-9(10,11)12/h4,7H,2-3,5-6,13H2,1H3. The minimum atomic E-state index is -4.33. The monoisotopic (exact) mass is 252 g/mol. The van der Waals surface area contributed by atoms with E-state index >= 15 is 0 Å². The van der Waals surface area contributed by atoms with Crippen LogP contribution >= 0.6 is 0 Å². The van der Waals surface area contributed by atoms with Crippen molar-refractivity contribution in [2.45, 2.75) is 32.1 Å². The van der Waals surface area contributed by atoms with E-state index in [1.165, 1.54) is 6.20 Å². The molecular weight excluding hydrogens is 237 g/mol. The van der Waals surface area contributed by atoms with Gasteiger partial charge < -0.3 is 10.5 Å². The number of aryl methyl sites for hydroxylation is 1. The molecule has 0 amide bonds. The van der Waals surface area contributed by atoms with Crippen molar-refractivity contribution in [3.63, 3.8) is 0 Å². The van der Waals surface area contributed by atoms with Crippen LogP contribution in [0.3, 0.4) is 0 Å². The Hall–Kier alpha value is -1.15. The van der Waals surface area contributed by atoms with E-state index in [1.807, 2.05) is 6.92 Å². The Morgan fingerprint density at radius 3 is 2.82 bits per heavy atom. The van der Waals surface area contributed by atoms with Gasteiger partial charge in [-0.2, -0.15) is 13.2 Å². The first kappa shape index (κ1) is 13.9. The molecule has 0 bridgehead atoms. The van der Waals surface area contributed by atoms with Crippen LogP contribution in [0.5, 0.6) is 0 Å². The van der Waals surface area contributed by atoms with Gasteiger partial charge in [-0.25, -0.2) is 4.68 Å². The molecule has 1 aromatic heterocycles. The second-order valence-corrected chi connectivity index (χ2v) is 3.62. The molecule has 98 valence electrons. The highest BCUT2D eigenvalue weighted by Gasteiger charge is 2.28. The summed E-state index contributed by atoms with van der Waals surface area (Å²) in [5.74, 6) is 0. The minimum Gasteiger partial charge on any atom is -0.370 e. The second-order valence-electron chi connectivity index (χ2n) is 3.62. The van der Waals surface area contributed by atoms with E-state index in [1.54, 1.807) is 4.68 Å². The first-order valence-electron chi connectivity index (χ1n) is 5.22. The minimum absolute atomic E-state index is 0.212. The van der Waals surface area contributed by atoms with Gasteiger partial charge in [0.25, 0.3) is 0 Å². The van der Waals surface area contributed by atoms with Crippen molar-refractivity contribution < 1.29 is 17.9 Å². The quantitative estimate of drug-likeness (QED) is 0.827. The van der Waals surface area contributed by atoms with Gasteiger partial charge >= 0.3 is 6.18 Å². The summed E-state index contributed by atoms with van der Waals surface area (Å²) in [7, 11) is 0. The fraction of sp³-hybridized carbons (Fsp3) is 0.778. The van der Waals surface area contributed by atoms with E-state index in [0.29, 0.717) is 12.2 Å². The topological polar surface area (TPSA) is 66.0 Å². The molecule has 0 aromatic carbocycles. The molecule has 8 heteroatoms. The van der Waals surface area contributed by atoms with Gasteiger partial charge in [-0.15, -0.1) is 5.10 Å². The highest BCUT2D eigenvalue weighted by Crippen LogP contribution is 2.16. The summed E-state index contributed by atoms with van der Waals surface area (Å²) in [4.78, 5) is 0. The Labute approximate surface area is 96.7 Å². The van der Waals surface area contributed by atoms with Crippen molar-refractivity contribution in [1.82, 2.24) is 15.0 Å². The van der Waals surface area contributed by atoms with Gasteiger partial charge in [-0.3, -0.25) is 0 Å². The van der Waals surface area contributed by atoms with Crippen LogP contribution in [0.25, 0.3) is 0 Å². The van der Waals surface area contributed by atoms with Crippen LogP contribution < -0.4 is 5.73 Å². The number of alkyl halides is 3. The van der Waals surface area contributed by atoms with Gasteiger partial charge in [0.2, 0.25) is 0 Å². The summed E-state index contributed by atoms with van der Waals surface area (Å²) in [6.45, 7) is 1.08. The lowest BCUT2D eigenvalue weighted by Crippen LogP contribution is -2.25. The van der Waals surface area contributed by atoms with Crippen LogP contribution in [0, 0.1) is 0 Å². The number of hydrogen-bond acceptors (Lipinski definition) is 4. The number of nitrogens with zero attached hydrogens (tertiary/aromatic N) is 3. The van der Waals surface area contributed by atoms with Crippen molar-refractivity contribution >= 4 is 0 Å². The number of halogens is 3. The number of hydrogen-bond donors (Lipinski definition) is 1. The van der Waals surface area contributed by atoms with E-state index < -0.39 is 18.8 Å². The van der Waals surface area contributed by atoms with Gasteiger partial charge in [-0.1, -0.05) is 12.1 Å². The number of nitrogens with two attached hydrogens (primary N) is 1. The Kier molecular flexibility index (Phi) is 4.88. The first-order chi connectivity index (χ1) is 7.94. The molecule has 0 aliphatic rings. The number of aromatic nitrogens is 3. The third kappa shape index (κ3) is 4.70. The summed E-state index contributed by atoms with van der Waals surface area (Å²) >= 11 is 0. The average molecular weight is 252 g/mol. The zero-order chi connectivity index (χ0) is 12.9.